The highest BCUT2D eigenvalue weighted by Gasteiger charge is 2.21. The van der Waals surface area contributed by atoms with Gasteiger partial charge in [0.1, 0.15) is 11.3 Å². The maximum atomic E-state index is 11.7. The highest BCUT2D eigenvalue weighted by molar-refractivity contribution is 5.94. The van der Waals surface area contributed by atoms with E-state index < -0.39 is 5.60 Å². The van der Waals surface area contributed by atoms with Gasteiger partial charge in [-0.25, -0.2) is 0 Å². The number of nitrogens with zero attached hydrogens (tertiary/aromatic N) is 1. The smallest absolute Gasteiger partial charge is 0.256 e. The van der Waals surface area contributed by atoms with Gasteiger partial charge in [-0.1, -0.05) is 18.5 Å². The van der Waals surface area contributed by atoms with Crippen molar-refractivity contribution >= 4 is 5.91 Å². The number of carbonyl (C=O) groups excluding carboxylic acids is 1. The molecule has 0 aliphatic heterocycles. The lowest BCUT2D eigenvalue weighted by molar-refractivity contribution is 0.0469. The lowest BCUT2D eigenvalue weighted by atomic mass is 10.0. The molecule has 1 rings (SSSR count). The van der Waals surface area contributed by atoms with E-state index in [4.69, 9.17) is 4.52 Å². The summed E-state index contributed by atoms with van der Waals surface area (Å²) in [4.78, 5) is 11.7. The van der Waals surface area contributed by atoms with Gasteiger partial charge in [0.25, 0.3) is 5.91 Å². The summed E-state index contributed by atoms with van der Waals surface area (Å²) < 4.78 is 4.79. The third kappa shape index (κ3) is 3.34. The average molecular weight is 226 g/mol. The molecule has 1 atom stereocenters. The summed E-state index contributed by atoms with van der Waals surface area (Å²) in [6.45, 7) is 5.59. The molecule has 1 aromatic rings. The minimum absolute atomic E-state index is 0.226. The Hall–Kier alpha value is -1.36. The summed E-state index contributed by atoms with van der Waals surface area (Å²) >= 11 is 0. The van der Waals surface area contributed by atoms with Crippen molar-refractivity contribution in [1.29, 1.82) is 0 Å². The molecule has 90 valence electrons. The van der Waals surface area contributed by atoms with Crippen LogP contribution in [0.1, 0.15) is 42.8 Å². The zero-order valence-electron chi connectivity index (χ0n) is 9.91. The quantitative estimate of drug-likeness (QED) is 0.792. The summed E-state index contributed by atoms with van der Waals surface area (Å²) in [5, 5.41) is 16.1. The van der Waals surface area contributed by atoms with E-state index in [1.54, 1.807) is 13.8 Å². The van der Waals surface area contributed by atoms with Crippen LogP contribution in [-0.2, 0) is 0 Å². The topological polar surface area (TPSA) is 75.4 Å². The van der Waals surface area contributed by atoms with Gasteiger partial charge in [-0.2, -0.15) is 0 Å². The average Bonchev–Trinajstić information content (AvgIpc) is 2.61. The molecular weight excluding hydrogens is 208 g/mol. The molecule has 0 spiro atoms. The molecule has 0 fully saturated rings. The van der Waals surface area contributed by atoms with Crippen LogP contribution < -0.4 is 5.32 Å². The van der Waals surface area contributed by atoms with E-state index in [-0.39, 0.29) is 12.5 Å². The minimum atomic E-state index is -0.866. The van der Waals surface area contributed by atoms with Gasteiger partial charge < -0.3 is 14.9 Å². The van der Waals surface area contributed by atoms with Gasteiger partial charge in [0.05, 0.1) is 11.8 Å². The van der Waals surface area contributed by atoms with Crippen molar-refractivity contribution < 1.29 is 14.4 Å². The van der Waals surface area contributed by atoms with Crippen molar-refractivity contribution in [3.63, 3.8) is 0 Å². The first kappa shape index (κ1) is 12.7. The molecule has 0 saturated carbocycles. The van der Waals surface area contributed by atoms with Crippen molar-refractivity contribution in [3.8, 4) is 0 Å². The van der Waals surface area contributed by atoms with Crippen molar-refractivity contribution in [2.45, 2.75) is 39.2 Å². The predicted octanol–water partition coefficient (Wildman–Crippen LogP) is 1.26. The summed E-state index contributed by atoms with van der Waals surface area (Å²) in [6.07, 6.45) is 2.89. The second-order valence-corrected chi connectivity index (χ2v) is 4.23. The monoisotopic (exact) mass is 226 g/mol. The number of carbonyl (C=O) groups is 1. The third-order valence-electron chi connectivity index (χ3n) is 2.41. The zero-order valence-corrected chi connectivity index (χ0v) is 9.91. The Morgan fingerprint density at radius 3 is 2.88 bits per heavy atom. The molecule has 0 aromatic carbocycles. The molecule has 1 amide bonds. The SMILES string of the molecule is CCCC(C)(O)CNC(=O)c1cnoc1C. The highest BCUT2D eigenvalue weighted by Crippen LogP contribution is 2.11. The van der Waals surface area contributed by atoms with E-state index >= 15 is 0 Å². The Morgan fingerprint density at radius 2 is 2.38 bits per heavy atom. The maximum Gasteiger partial charge on any atom is 0.256 e. The molecule has 16 heavy (non-hydrogen) atoms. The number of hydrogen-bond donors (Lipinski definition) is 2. The van der Waals surface area contributed by atoms with Crippen molar-refractivity contribution in [2.75, 3.05) is 6.54 Å². The van der Waals surface area contributed by atoms with E-state index in [1.807, 2.05) is 6.92 Å². The molecule has 2 N–H and O–H groups in total. The van der Waals surface area contributed by atoms with Gasteiger partial charge in [0, 0.05) is 6.54 Å². The second kappa shape index (κ2) is 5.12. The number of aromatic nitrogens is 1. The van der Waals surface area contributed by atoms with Crippen molar-refractivity contribution in [3.05, 3.63) is 17.5 Å². The first-order valence-corrected chi connectivity index (χ1v) is 5.38. The van der Waals surface area contributed by atoms with Crippen molar-refractivity contribution in [2.24, 2.45) is 0 Å². The van der Waals surface area contributed by atoms with E-state index in [0.29, 0.717) is 17.7 Å². The van der Waals surface area contributed by atoms with Crippen LogP contribution in [0.4, 0.5) is 0 Å². The summed E-state index contributed by atoms with van der Waals surface area (Å²) in [6, 6.07) is 0. The van der Waals surface area contributed by atoms with Gasteiger partial charge in [-0.15, -0.1) is 0 Å². The Bertz CT molecular complexity index is 358. The minimum Gasteiger partial charge on any atom is -0.388 e. The fourth-order valence-electron chi connectivity index (χ4n) is 1.51. The lowest BCUT2D eigenvalue weighted by Crippen LogP contribution is -2.40. The standard InChI is InChI=1S/C11H18N2O3/c1-4-5-11(3,15)7-12-10(14)9-6-13-16-8(9)2/h6,15H,4-5,7H2,1-3H3,(H,12,14). The van der Waals surface area contributed by atoms with Crippen LogP contribution in [0.25, 0.3) is 0 Å². The fraction of sp³-hybridized carbons (Fsp3) is 0.636. The number of hydrogen-bond acceptors (Lipinski definition) is 4. The highest BCUT2D eigenvalue weighted by atomic mass is 16.5. The molecule has 1 unspecified atom stereocenters. The van der Waals surface area contributed by atoms with E-state index in [0.717, 1.165) is 6.42 Å². The zero-order chi connectivity index (χ0) is 12.2. The van der Waals surface area contributed by atoms with Crippen LogP contribution in [0.3, 0.4) is 0 Å². The summed E-state index contributed by atoms with van der Waals surface area (Å²) in [5.74, 6) is 0.211. The molecule has 0 aliphatic rings. The number of aliphatic hydroxyl groups is 1. The number of aryl methyl sites for hydroxylation is 1. The molecule has 1 heterocycles. The molecule has 1 aromatic heterocycles. The van der Waals surface area contributed by atoms with Crippen LogP contribution in [0.2, 0.25) is 0 Å². The fourth-order valence-corrected chi connectivity index (χ4v) is 1.51. The van der Waals surface area contributed by atoms with Gasteiger partial charge in [0.15, 0.2) is 0 Å². The molecule has 5 heteroatoms. The Balaban J connectivity index is 2.51. The molecule has 0 aliphatic carbocycles. The van der Waals surface area contributed by atoms with Crippen LogP contribution in [-0.4, -0.2) is 28.3 Å². The second-order valence-electron chi connectivity index (χ2n) is 4.23. The van der Waals surface area contributed by atoms with Gasteiger partial charge >= 0.3 is 0 Å². The normalized spacial score (nSPS) is 14.5. The van der Waals surface area contributed by atoms with Crippen LogP contribution in [0.5, 0.6) is 0 Å². The largest absolute Gasteiger partial charge is 0.388 e. The predicted molar refractivity (Wildman–Crippen MR) is 59.1 cm³/mol. The molecule has 0 bridgehead atoms. The summed E-state index contributed by atoms with van der Waals surface area (Å²) in [5.41, 5.74) is -0.456. The Kier molecular flexibility index (Phi) is 4.06. The molecule has 5 nitrogen and oxygen atoms in total. The van der Waals surface area contributed by atoms with Gasteiger partial charge in [0.2, 0.25) is 0 Å². The number of amides is 1. The first-order valence-electron chi connectivity index (χ1n) is 5.38. The molecule has 0 saturated heterocycles. The van der Waals surface area contributed by atoms with E-state index in [1.165, 1.54) is 6.20 Å². The van der Waals surface area contributed by atoms with Crippen LogP contribution in [0.15, 0.2) is 10.7 Å². The van der Waals surface area contributed by atoms with Gasteiger partial charge in [-0.05, 0) is 20.3 Å². The lowest BCUT2D eigenvalue weighted by Gasteiger charge is -2.22. The van der Waals surface area contributed by atoms with Crippen LogP contribution >= 0.6 is 0 Å². The van der Waals surface area contributed by atoms with Crippen molar-refractivity contribution in [1.82, 2.24) is 10.5 Å². The Morgan fingerprint density at radius 1 is 1.69 bits per heavy atom. The third-order valence-corrected chi connectivity index (χ3v) is 2.41. The van der Waals surface area contributed by atoms with Gasteiger partial charge in [-0.3, -0.25) is 4.79 Å². The van der Waals surface area contributed by atoms with E-state index in [2.05, 4.69) is 10.5 Å². The number of rotatable bonds is 5. The molecule has 0 radical (unpaired) electrons. The van der Waals surface area contributed by atoms with E-state index in [9.17, 15) is 9.90 Å². The Labute approximate surface area is 94.8 Å². The summed E-state index contributed by atoms with van der Waals surface area (Å²) in [7, 11) is 0. The first-order chi connectivity index (χ1) is 7.46. The number of nitrogens with one attached hydrogen (secondary N) is 1. The maximum absolute atomic E-state index is 11.7. The van der Waals surface area contributed by atoms with Crippen LogP contribution in [0, 0.1) is 6.92 Å². The molecular formula is C11H18N2O3.